The highest BCUT2D eigenvalue weighted by Gasteiger charge is 2.24. The lowest BCUT2D eigenvalue weighted by molar-refractivity contribution is 0.365. The lowest BCUT2D eigenvalue weighted by Gasteiger charge is -2.28. The molecule has 0 saturated carbocycles. The van der Waals surface area contributed by atoms with Crippen molar-refractivity contribution in [3.8, 4) is 0 Å². The summed E-state index contributed by atoms with van der Waals surface area (Å²) in [6.07, 6.45) is 7.62. The Balaban J connectivity index is 1.67. The molecule has 0 fully saturated rings. The molecule has 0 bridgehead atoms. The van der Waals surface area contributed by atoms with Gasteiger partial charge in [0.1, 0.15) is 5.76 Å². The van der Waals surface area contributed by atoms with Crippen molar-refractivity contribution in [2.75, 3.05) is 0 Å². The van der Waals surface area contributed by atoms with Crippen LogP contribution in [0.3, 0.4) is 0 Å². The number of hydrogen-bond acceptors (Lipinski definition) is 2. The van der Waals surface area contributed by atoms with E-state index in [0.717, 1.165) is 19.3 Å². The van der Waals surface area contributed by atoms with Crippen LogP contribution in [-0.4, -0.2) is 6.04 Å². The van der Waals surface area contributed by atoms with Gasteiger partial charge in [-0.05, 0) is 37.3 Å². The van der Waals surface area contributed by atoms with Crippen molar-refractivity contribution in [1.82, 2.24) is 5.32 Å². The van der Waals surface area contributed by atoms with Crippen LogP contribution in [0.1, 0.15) is 49.1 Å². The lowest BCUT2D eigenvalue weighted by Crippen LogP contribution is -2.35. The molecule has 1 aliphatic rings. The number of rotatable bonds is 5. The fourth-order valence-corrected chi connectivity index (χ4v) is 3.16. The molecule has 1 N–H and O–H groups in total. The zero-order valence-corrected chi connectivity index (χ0v) is 12.1. The SMILES string of the molecule is CCC(Cc1ccccc1)NC1CCCc2occc21. The van der Waals surface area contributed by atoms with Crippen LogP contribution in [0.5, 0.6) is 0 Å². The Bertz CT molecular complexity index is 531. The van der Waals surface area contributed by atoms with Crippen LogP contribution < -0.4 is 5.32 Å². The summed E-state index contributed by atoms with van der Waals surface area (Å²) >= 11 is 0. The maximum atomic E-state index is 5.58. The zero-order chi connectivity index (χ0) is 13.8. The summed E-state index contributed by atoms with van der Waals surface area (Å²) in [4.78, 5) is 0. The van der Waals surface area contributed by atoms with E-state index in [2.05, 4.69) is 48.6 Å². The van der Waals surface area contributed by atoms with Gasteiger partial charge >= 0.3 is 0 Å². The highest BCUT2D eigenvalue weighted by atomic mass is 16.3. The predicted octanol–water partition coefficient (Wildman–Crippen LogP) is 4.27. The first kappa shape index (κ1) is 13.4. The van der Waals surface area contributed by atoms with Crippen LogP contribution in [-0.2, 0) is 12.8 Å². The summed E-state index contributed by atoms with van der Waals surface area (Å²) in [7, 11) is 0. The third kappa shape index (κ3) is 2.96. The maximum absolute atomic E-state index is 5.58. The van der Waals surface area contributed by atoms with Gasteiger partial charge in [-0.2, -0.15) is 0 Å². The van der Waals surface area contributed by atoms with Crippen LogP contribution in [0.25, 0.3) is 0 Å². The molecule has 1 aromatic carbocycles. The first-order valence-electron chi connectivity index (χ1n) is 7.73. The topological polar surface area (TPSA) is 25.2 Å². The molecule has 3 rings (SSSR count). The average molecular weight is 269 g/mol. The van der Waals surface area contributed by atoms with Crippen molar-refractivity contribution in [1.29, 1.82) is 0 Å². The second-order valence-electron chi connectivity index (χ2n) is 5.71. The zero-order valence-electron chi connectivity index (χ0n) is 12.1. The van der Waals surface area contributed by atoms with E-state index >= 15 is 0 Å². The van der Waals surface area contributed by atoms with Gasteiger partial charge in [-0.15, -0.1) is 0 Å². The number of benzene rings is 1. The molecule has 106 valence electrons. The smallest absolute Gasteiger partial charge is 0.108 e. The number of fused-ring (bicyclic) bond motifs is 1. The molecule has 0 aliphatic heterocycles. The number of hydrogen-bond donors (Lipinski definition) is 1. The van der Waals surface area contributed by atoms with Gasteiger partial charge < -0.3 is 9.73 Å². The Kier molecular flexibility index (Phi) is 4.22. The van der Waals surface area contributed by atoms with Crippen molar-refractivity contribution in [3.05, 3.63) is 59.5 Å². The molecule has 20 heavy (non-hydrogen) atoms. The van der Waals surface area contributed by atoms with Gasteiger partial charge in [0.15, 0.2) is 0 Å². The van der Waals surface area contributed by atoms with Crippen LogP contribution in [0.2, 0.25) is 0 Å². The highest BCUT2D eigenvalue weighted by molar-refractivity contribution is 5.24. The van der Waals surface area contributed by atoms with E-state index in [1.54, 1.807) is 0 Å². The second-order valence-corrected chi connectivity index (χ2v) is 5.71. The quantitative estimate of drug-likeness (QED) is 0.877. The third-order valence-electron chi connectivity index (χ3n) is 4.31. The Morgan fingerprint density at radius 2 is 2.10 bits per heavy atom. The molecule has 2 aromatic rings. The van der Waals surface area contributed by atoms with E-state index in [0.29, 0.717) is 12.1 Å². The van der Waals surface area contributed by atoms with E-state index in [1.165, 1.54) is 29.7 Å². The second kappa shape index (κ2) is 6.27. The maximum Gasteiger partial charge on any atom is 0.108 e. The van der Waals surface area contributed by atoms with E-state index in [9.17, 15) is 0 Å². The molecule has 2 heteroatoms. The minimum absolute atomic E-state index is 0.464. The first-order valence-corrected chi connectivity index (χ1v) is 7.73. The third-order valence-corrected chi connectivity index (χ3v) is 4.31. The van der Waals surface area contributed by atoms with Crippen LogP contribution >= 0.6 is 0 Å². The summed E-state index contributed by atoms with van der Waals surface area (Å²) in [5.41, 5.74) is 2.79. The minimum atomic E-state index is 0.464. The molecule has 0 spiro atoms. The largest absolute Gasteiger partial charge is 0.469 e. The summed E-state index contributed by atoms with van der Waals surface area (Å²) in [6.45, 7) is 2.26. The van der Waals surface area contributed by atoms with E-state index in [1.807, 2.05) is 6.26 Å². The van der Waals surface area contributed by atoms with Gasteiger partial charge in [0.25, 0.3) is 0 Å². The normalized spacial score (nSPS) is 19.6. The summed E-state index contributed by atoms with van der Waals surface area (Å²) < 4.78 is 5.58. The molecule has 0 amide bonds. The first-order chi connectivity index (χ1) is 9.86. The van der Waals surface area contributed by atoms with Gasteiger partial charge in [0, 0.05) is 24.1 Å². The van der Waals surface area contributed by atoms with Gasteiger partial charge in [-0.3, -0.25) is 0 Å². The number of furan rings is 1. The minimum Gasteiger partial charge on any atom is -0.469 e. The monoisotopic (exact) mass is 269 g/mol. The van der Waals surface area contributed by atoms with Gasteiger partial charge in [-0.25, -0.2) is 0 Å². The molecule has 1 heterocycles. The van der Waals surface area contributed by atoms with E-state index < -0.39 is 0 Å². The predicted molar refractivity (Wildman–Crippen MR) is 81.7 cm³/mol. The standard InChI is InChI=1S/C18H23NO/c1-2-15(13-14-7-4-3-5-8-14)19-17-9-6-10-18-16(17)11-12-20-18/h3-5,7-8,11-12,15,17,19H,2,6,9-10,13H2,1H3. The molecule has 0 saturated heterocycles. The molecule has 2 unspecified atom stereocenters. The lowest BCUT2D eigenvalue weighted by atomic mass is 9.92. The van der Waals surface area contributed by atoms with Crippen LogP contribution in [0.15, 0.2) is 47.1 Å². The molecule has 0 radical (unpaired) electrons. The summed E-state index contributed by atoms with van der Waals surface area (Å²) in [5.74, 6) is 1.18. The van der Waals surface area contributed by atoms with Gasteiger partial charge in [0.05, 0.1) is 6.26 Å². The van der Waals surface area contributed by atoms with Gasteiger partial charge in [0.2, 0.25) is 0 Å². The van der Waals surface area contributed by atoms with Crippen molar-refractivity contribution < 1.29 is 4.42 Å². The molecule has 1 aliphatic carbocycles. The number of aryl methyl sites for hydroxylation is 1. The van der Waals surface area contributed by atoms with Crippen molar-refractivity contribution in [3.63, 3.8) is 0 Å². The molecular weight excluding hydrogens is 246 g/mol. The van der Waals surface area contributed by atoms with Gasteiger partial charge in [-0.1, -0.05) is 37.3 Å². The van der Waals surface area contributed by atoms with Crippen molar-refractivity contribution in [2.24, 2.45) is 0 Å². The Hall–Kier alpha value is -1.54. The molecule has 2 nitrogen and oxygen atoms in total. The van der Waals surface area contributed by atoms with Crippen LogP contribution in [0.4, 0.5) is 0 Å². The Morgan fingerprint density at radius 3 is 2.90 bits per heavy atom. The van der Waals surface area contributed by atoms with Crippen molar-refractivity contribution >= 4 is 0 Å². The van der Waals surface area contributed by atoms with Crippen molar-refractivity contribution in [2.45, 2.75) is 51.1 Å². The molecule has 1 aromatic heterocycles. The molecule has 2 atom stereocenters. The van der Waals surface area contributed by atoms with E-state index in [-0.39, 0.29) is 0 Å². The Morgan fingerprint density at radius 1 is 1.25 bits per heavy atom. The fraction of sp³-hybridized carbons (Fsp3) is 0.444. The molecular formula is C18H23NO. The summed E-state index contributed by atoms with van der Waals surface area (Å²) in [6, 6.07) is 13.9. The van der Waals surface area contributed by atoms with E-state index in [4.69, 9.17) is 4.42 Å². The average Bonchev–Trinajstić information content (AvgIpc) is 2.97. The number of nitrogens with one attached hydrogen (secondary N) is 1. The Labute approximate surface area is 121 Å². The summed E-state index contributed by atoms with van der Waals surface area (Å²) in [5, 5.41) is 3.84. The highest BCUT2D eigenvalue weighted by Crippen LogP contribution is 2.31. The fourth-order valence-electron chi connectivity index (χ4n) is 3.16. The van der Waals surface area contributed by atoms with Crippen LogP contribution in [0, 0.1) is 0 Å².